The molecule has 1 amide bonds. The van der Waals surface area contributed by atoms with Crippen molar-refractivity contribution in [1.29, 1.82) is 5.26 Å². The molecule has 0 heterocycles. The summed E-state index contributed by atoms with van der Waals surface area (Å²) < 4.78 is 26.4. The van der Waals surface area contributed by atoms with Gasteiger partial charge >= 0.3 is 0 Å². The molecule has 8 heteroatoms. The van der Waals surface area contributed by atoms with E-state index in [-0.39, 0.29) is 0 Å². The predicted octanol–water partition coefficient (Wildman–Crippen LogP) is 2.36. The average molecular weight is 269 g/mol. The molecule has 0 aliphatic rings. The van der Waals surface area contributed by atoms with Crippen LogP contribution in [0.3, 0.4) is 0 Å². The number of anilines is 1. The van der Waals surface area contributed by atoms with Crippen molar-refractivity contribution in [2.75, 3.05) is 5.32 Å². The summed E-state index contributed by atoms with van der Waals surface area (Å²) in [5.41, 5.74) is -3.19. The number of rotatable bonds is 3. The molecule has 0 atom stereocenters. The number of nitro groups is 1. The molecule has 1 N–H and O–H groups in total. The lowest BCUT2D eigenvalue weighted by molar-refractivity contribution is -0.384. The van der Waals surface area contributed by atoms with Crippen LogP contribution >= 0.6 is 0 Å². The largest absolute Gasteiger partial charge is 0.317 e. The van der Waals surface area contributed by atoms with Crippen LogP contribution in [0.1, 0.15) is 13.8 Å². The molecule has 19 heavy (non-hydrogen) atoms. The van der Waals surface area contributed by atoms with Gasteiger partial charge in [-0.15, -0.1) is 0 Å². The van der Waals surface area contributed by atoms with Crippen LogP contribution in [0.15, 0.2) is 12.1 Å². The zero-order valence-corrected chi connectivity index (χ0v) is 10.0. The van der Waals surface area contributed by atoms with E-state index < -0.39 is 39.3 Å². The first-order chi connectivity index (χ1) is 8.69. The maximum atomic E-state index is 13.5. The Morgan fingerprint density at radius 3 is 2.53 bits per heavy atom. The van der Waals surface area contributed by atoms with Gasteiger partial charge in [0.2, 0.25) is 5.91 Å². The monoisotopic (exact) mass is 269 g/mol. The molecule has 1 aromatic carbocycles. The Kier molecular flexibility index (Phi) is 3.80. The second kappa shape index (κ2) is 4.97. The van der Waals surface area contributed by atoms with E-state index in [9.17, 15) is 23.7 Å². The summed E-state index contributed by atoms with van der Waals surface area (Å²) in [4.78, 5) is 21.3. The maximum absolute atomic E-state index is 13.5. The van der Waals surface area contributed by atoms with Gasteiger partial charge in [-0.05, 0) is 13.8 Å². The van der Waals surface area contributed by atoms with Crippen molar-refractivity contribution in [3.8, 4) is 6.07 Å². The molecule has 1 aromatic rings. The number of nitriles is 1. The summed E-state index contributed by atoms with van der Waals surface area (Å²) >= 11 is 0. The first-order valence-electron chi connectivity index (χ1n) is 5.05. The SMILES string of the molecule is CC(C)(C#N)C(=O)Nc1c(F)cc(F)cc1[N+](=O)[O-]. The van der Waals surface area contributed by atoms with Crippen molar-refractivity contribution >= 4 is 17.3 Å². The van der Waals surface area contributed by atoms with Crippen LogP contribution in [-0.2, 0) is 4.79 Å². The fourth-order valence-corrected chi connectivity index (χ4v) is 1.15. The summed E-state index contributed by atoms with van der Waals surface area (Å²) in [7, 11) is 0. The normalized spacial score (nSPS) is 10.7. The molecule has 0 spiro atoms. The number of nitrogens with one attached hydrogen (secondary N) is 1. The van der Waals surface area contributed by atoms with Gasteiger partial charge in [-0.3, -0.25) is 14.9 Å². The third kappa shape index (κ3) is 3.01. The topological polar surface area (TPSA) is 96.0 Å². The van der Waals surface area contributed by atoms with Crippen LogP contribution in [0.25, 0.3) is 0 Å². The van der Waals surface area contributed by atoms with Crippen LogP contribution < -0.4 is 5.32 Å². The zero-order valence-electron chi connectivity index (χ0n) is 10.0. The van der Waals surface area contributed by atoms with Gasteiger partial charge in [0.15, 0.2) is 11.5 Å². The Morgan fingerprint density at radius 1 is 1.47 bits per heavy atom. The van der Waals surface area contributed by atoms with Crippen molar-refractivity contribution in [2.45, 2.75) is 13.8 Å². The van der Waals surface area contributed by atoms with Crippen molar-refractivity contribution < 1.29 is 18.5 Å². The number of nitrogens with zero attached hydrogens (tertiary/aromatic N) is 2. The standard InChI is InChI=1S/C11H9F2N3O3/c1-11(2,5-14)10(17)15-9-7(13)3-6(12)4-8(9)16(18)19/h3-4H,1-2H3,(H,15,17). The van der Waals surface area contributed by atoms with Gasteiger partial charge in [0.05, 0.1) is 17.1 Å². The number of amides is 1. The molecule has 0 bridgehead atoms. The molecule has 0 aliphatic heterocycles. The van der Waals surface area contributed by atoms with E-state index in [1.54, 1.807) is 6.07 Å². The highest BCUT2D eigenvalue weighted by molar-refractivity contribution is 5.98. The van der Waals surface area contributed by atoms with E-state index >= 15 is 0 Å². The molecule has 100 valence electrons. The van der Waals surface area contributed by atoms with Crippen LogP contribution in [0, 0.1) is 38.5 Å². The smallest absolute Gasteiger partial charge is 0.298 e. The number of carbonyl (C=O) groups excluding carboxylic acids is 1. The summed E-state index contributed by atoms with van der Waals surface area (Å²) in [5.74, 6) is -3.35. The molecule has 6 nitrogen and oxygen atoms in total. The van der Waals surface area contributed by atoms with Crippen molar-refractivity contribution in [3.05, 3.63) is 33.9 Å². The molecule has 0 aliphatic carbocycles. The van der Waals surface area contributed by atoms with Gasteiger partial charge in [0, 0.05) is 6.07 Å². The Balaban J connectivity index is 3.26. The molecule has 0 radical (unpaired) electrons. The fraction of sp³-hybridized carbons (Fsp3) is 0.273. The average Bonchev–Trinajstić information content (AvgIpc) is 2.31. The quantitative estimate of drug-likeness (QED) is 0.672. The van der Waals surface area contributed by atoms with Gasteiger partial charge in [0.25, 0.3) is 5.69 Å². The lowest BCUT2D eigenvalue weighted by Crippen LogP contribution is -2.29. The Bertz CT molecular complexity index is 594. The molecule has 0 aromatic heterocycles. The van der Waals surface area contributed by atoms with Crippen LogP contribution in [0.2, 0.25) is 0 Å². The summed E-state index contributed by atoms with van der Waals surface area (Å²) in [6.45, 7) is 2.52. The maximum Gasteiger partial charge on any atom is 0.298 e. The number of benzene rings is 1. The Labute approximate surface area is 106 Å². The van der Waals surface area contributed by atoms with Crippen molar-refractivity contribution in [2.24, 2.45) is 5.41 Å². The highest BCUT2D eigenvalue weighted by Crippen LogP contribution is 2.30. The lowest BCUT2D eigenvalue weighted by Gasteiger charge is -2.15. The van der Waals surface area contributed by atoms with E-state index in [1.165, 1.54) is 13.8 Å². The van der Waals surface area contributed by atoms with Gasteiger partial charge in [-0.25, -0.2) is 8.78 Å². The summed E-state index contributed by atoms with van der Waals surface area (Å²) in [5, 5.41) is 21.4. The highest BCUT2D eigenvalue weighted by atomic mass is 19.1. The van der Waals surface area contributed by atoms with Crippen LogP contribution in [-0.4, -0.2) is 10.8 Å². The number of hydrogen-bond acceptors (Lipinski definition) is 4. The molecule has 0 saturated heterocycles. The van der Waals surface area contributed by atoms with E-state index in [2.05, 4.69) is 0 Å². The molecular weight excluding hydrogens is 260 g/mol. The van der Waals surface area contributed by atoms with Gasteiger partial charge < -0.3 is 5.32 Å². The summed E-state index contributed by atoms with van der Waals surface area (Å²) in [6, 6.07) is 2.55. The van der Waals surface area contributed by atoms with Gasteiger partial charge in [-0.2, -0.15) is 5.26 Å². The van der Waals surface area contributed by atoms with Crippen LogP contribution in [0.5, 0.6) is 0 Å². The van der Waals surface area contributed by atoms with Gasteiger partial charge in [-0.1, -0.05) is 0 Å². The molecule has 0 fully saturated rings. The van der Waals surface area contributed by atoms with Crippen LogP contribution in [0.4, 0.5) is 20.2 Å². The Morgan fingerprint density at radius 2 is 2.05 bits per heavy atom. The first-order valence-corrected chi connectivity index (χ1v) is 5.05. The second-order valence-corrected chi connectivity index (χ2v) is 4.23. The van der Waals surface area contributed by atoms with E-state index in [0.717, 1.165) is 0 Å². The zero-order chi connectivity index (χ0) is 14.8. The lowest BCUT2D eigenvalue weighted by atomic mass is 9.94. The second-order valence-electron chi connectivity index (χ2n) is 4.23. The first kappa shape index (κ1) is 14.5. The Hall–Kier alpha value is -2.56. The van der Waals surface area contributed by atoms with Crippen molar-refractivity contribution in [1.82, 2.24) is 0 Å². The number of halogens is 2. The highest BCUT2D eigenvalue weighted by Gasteiger charge is 2.31. The minimum atomic E-state index is -1.51. The van der Waals surface area contributed by atoms with E-state index in [0.29, 0.717) is 12.1 Å². The number of carbonyl (C=O) groups is 1. The third-order valence-corrected chi connectivity index (χ3v) is 2.32. The minimum absolute atomic E-state index is 0.405. The summed E-state index contributed by atoms with van der Waals surface area (Å²) in [6.07, 6.45) is 0. The predicted molar refractivity (Wildman–Crippen MR) is 61.0 cm³/mol. The fourth-order valence-electron chi connectivity index (χ4n) is 1.15. The molecule has 0 saturated carbocycles. The van der Waals surface area contributed by atoms with E-state index in [4.69, 9.17) is 5.26 Å². The third-order valence-electron chi connectivity index (χ3n) is 2.32. The minimum Gasteiger partial charge on any atom is -0.317 e. The molecule has 0 unspecified atom stereocenters. The molecular formula is C11H9F2N3O3. The number of hydrogen-bond donors (Lipinski definition) is 1. The van der Waals surface area contributed by atoms with E-state index in [1.807, 2.05) is 5.32 Å². The number of nitro benzene ring substituents is 1. The van der Waals surface area contributed by atoms with Crippen molar-refractivity contribution in [3.63, 3.8) is 0 Å². The van der Waals surface area contributed by atoms with Gasteiger partial charge in [0.1, 0.15) is 11.2 Å². The molecule has 1 rings (SSSR count).